The van der Waals surface area contributed by atoms with Gasteiger partial charge in [0, 0.05) is 46.4 Å². The van der Waals surface area contributed by atoms with Crippen LogP contribution in [-0.4, -0.2) is 69.4 Å². The number of ether oxygens (including phenoxy) is 2. The molecule has 0 atom stereocenters. The van der Waals surface area contributed by atoms with Gasteiger partial charge >= 0.3 is 6.09 Å². The molecule has 1 heterocycles. The van der Waals surface area contributed by atoms with Gasteiger partial charge in [0.25, 0.3) is 0 Å². The molecule has 1 rings (SSSR count). The Balaban J connectivity index is 2.15. The van der Waals surface area contributed by atoms with Crippen LogP contribution in [0.1, 0.15) is 6.42 Å². The van der Waals surface area contributed by atoms with Crippen LogP contribution >= 0.6 is 0 Å². The lowest BCUT2D eigenvalue weighted by Crippen LogP contribution is -2.48. The fourth-order valence-electron chi connectivity index (χ4n) is 1.72. The quantitative estimate of drug-likeness (QED) is 0.638. The first kappa shape index (κ1) is 12.3. The zero-order valence-corrected chi connectivity index (χ0v) is 9.57. The summed E-state index contributed by atoms with van der Waals surface area (Å²) < 4.78 is 9.67. The minimum Gasteiger partial charge on any atom is -0.453 e. The van der Waals surface area contributed by atoms with Gasteiger partial charge in [-0.25, -0.2) is 4.79 Å². The Morgan fingerprint density at radius 2 is 1.87 bits per heavy atom. The zero-order chi connectivity index (χ0) is 11.1. The van der Waals surface area contributed by atoms with Gasteiger partial charge in [0.1, 0.15) is 0 Å². The van der Waals surface area contributed by atoms with Gasteiger partial charge < -0.3 is 14.4 Å². The molecule has 0 bridgehead atoms. The highest BCUT2D eigenvalue weighted by Gasteiger charge is 2.20. The summed E-state index contributed by atoms with van der Waals surface area (Å²) in [5, 5.41) is 0. The summed E-state index contributed by atoms with van der Waals surface area (Å²) in [5.74, 6) is 0. The van der Waals surface area contributed by atoms with Crippen LogP contribution in [0.5, 0.6) is 0 Å². The normalized spacial score (nSPS) is 17.9. The molecule has 15 heavy (non-hydrogen) atoms. The van der Waals surface area contributed by atoms with E-state index < -0.39 is 0 Å². The number of carbonyl (C=O) groups excluding carboxylic acids is 1. The molecule has 0 aliphatic carbocycles. The average Bonchev–Trinajstić information content (AvgIpc) is 2.29. The van der Waals surface area contributed by atoms with E-state index in [1.165, 1.54) is 7.11 Å². The second-order valence-electron chi connectivity index (χ2n) is 3.65. The van der Waals surface area contributed by atoms with Gasteiger partial charge in [0.2, 0.25) is 0 Å². The van der Waals surface area contributed by atoms with Crippen molar-refractivity contribution in [3.8, 4) is 0 Å². The zero-order valence-electron chi connectivity index (χ0n) is 9.57. The smallest absolute Gasteiger partial charge is 0.409 e. The van der Waals surface area contributed by atoms with Crippen LogP contribution in [0, 0.1) is 0 Å². The largest absolute Gasteiger partial charge is 0.453 e. The monoisotopic (exact) mass is 216 g/mol. The van der Waals surface area contributed by atoms with E-state index >= 15 is 0 Å². The van der Waals surface area contributed by atoms with E-state index in [1.807, 2.05) is 0 Å². The van der Waals surface area contributed by atoms with E-state index in [0.29, 0.717) is 0 Å². The summed E-state index contributed by atoms with van der Waals surface area (Å²) in [6.45, 7) is 5.23. The highest BCUT2D eigenvalue weighted by atomic mass is 16.5. The number of amides is 1. The van der Waals surface area contributed by atoms with Crippen molar-refractivity contribution < 1.29 is 14.3 Å². The average molecular weight is 216 g/mol. The molecule has 1 amide bonds. The molecule has 1 aliphatic heterocycles. The van der Waals surface area contributed by atoms with Crippen molar-refractivity contribution in [2.75, 3.05) is 53.6 Å². The highest BCUT2D eigenvalue weighted by molar-refractivity contribution is 5.67. The molecule has 5 heteroatoms. The Bertz CT molecular complexity index is 191. The lowest BCUT2D eigenvalue weighted by Gasteiger charge is -2.33. The predicted octanol–water partition coefficient (Wildman–Crippen LogP) is 0.407. The molecule has 0 radical (unpaired) electrons. The Hall–Kier alpha value is -0.810. The fourth-order valence-corrected chi connectivity index (χ4v) is 1.72. The number of rotatable bonds is 4. The number of nitrogens with zero attached hydrogens (tertiary/aromatic N) is 2. The molecule has 1 fully saturated rings. The van der Waals surface area contributed by atoms with E-state index in [1.54, 1.807) is 12.0 Å². The van der Waals surface area contributed by atoms with Gasteiger partial charge in [-0.05, 0) is 6.42 Å². The lowest BCUT2D eigenvalue weighted by atomic mass is 10.3. The summed E-state index contributed by atoms with van der Waals surface area (Å²) in [5.41, 5.74) is 0. The summed E-state index contributed by atoms with van der Waals surface area (Å²) in [7, 11) is 3.14. The molecule has 5 nitrogen and oxygen atoms in total. The third-order valence-corrected chi connectivity index (χ3v) is 2.63. The van der Waals surface area contributed by atoms with Gasteiger partial charge in [-0.2, -0.15) is 0 Å². The van der Waals surface area contributed by atoms with Crippen molar-refractivity contribution in [3.05, 3.63) is 0 Å². The number of carbonyl (C=O) groups is 1. The highest BCUT2D eigenvalue weighted by Crippen LogP contribution is 2.03. The molecular formula is C10H20N2O3. The minimum absolute atomic E-state index is 0.216. The van der Waals surface area contributed by atoms with Crippen molar-refractivity contribution in [1.82, 2.24) is 9.80 Å². The van der Waals surface area contributed by atoms with Gasteiger partial charge in [-0.3, -0.25) is 4.90 Å². The molecule has 0 aromatic carbocycles. The van der Waals surface area contributed by atoms with Crippen LogP contribution in [0.4, 0.5) is 4.79 Å². The van der Waals surface area contributed by atoms with Crippen molar-refractivity contribution in [2.45, 2.75) is 6.42 Å². The van der Waals surface area contributed by atoms with Crippen LogP contribution in [-0.2, 0) is 9.47 Å². The summed E-state index contributed by atoms with van der Waals surface area (Å²) in [6.07, 6.45) is 0.834. The van der Waals surface area contributed by atoms with Gasteiger partial charge in [0.05, 0.1) is 7.11 Å². The number of methoxy groups -OCH3 is 2. The summed E-state index contributed by atoms with van der Waals surface area (Å²) in [6, 6.07) is 0. The maximum Gasteiger partial charge on any atom is 0.409 e. The van der Waals surface area contributed by atoms with Gasteiger partial charge in [0.15, 0.2) is 0 Å². The van der Waals surface area contributed by atoms with Crippen LogP contribution in [0.25, 0.3) is 0 Å². The third-order valence-electron chi connectivity index (χ3n) is 2.63. The van der Waals surface area contributed by atoms with E-state index in [2.05, 4.69) is 9.64 Å². The topological polar surface area (TPSA) is 42.0 Å². The minimum atomic E-state index is -0.216. The second-order valence-corrected chi connectivity index (χ2v) is 3.65. The SMILES string of the molecule is COCCCN1CCN(C(=O)OC)CC1. The predicted molar refractivity (Wildman–Crippen MR) is 56.9 cm³/mol. The van der Waals surface area contributed by atoms with E-state index in [9.17, 15) is 4.79 Å². The third kappa shape index (κ3) is 4.05. The van der Waals surface area contributed by atoms with Crippen molar-refractivity contribution in [1.29, 1.82) is 0 Å². The molecule has 0 aromatic rings. The van der Waals surface area contributed by atoms with E-state index in [0.717, 1.165) is 45.8 Å². The van der Waals surface area contributed by atoms with Crippen LogP contribution < -0.4 is 0 Å². The van der Waals surface area contributed by atoms with Crippen LogP contribution in [0.15, 0.2) is 0 Å². The molecule has 0 N–H and O–H groups in total. The standard InChI is InChI=1S/C10H20N2O3/c1-14-9-3-4-11-5-7-12(8-6-11)10(13)15-2/h3-9H2,1-2H3. The Kier molecular flexibility index (Phi) is 5.42. The maximum atomic E-state index is 11.2. The Labute approximate surface area is 90.9 Å². The van der Waals surface area contributed by atoms with E-state index in [-0.39, 0.29) is 6.09 Å². The number of hydrogen-bond donors (Lipinski definition) is 0. The molecule has 1 saturated heterocycles. The number of piperazine rings is 1. The van der Waals surface area contributed by atoms with Crippen molar-refractivity contribution in [3.63, 3.8) is 0 Å². The first-order chi connectivity index (χ1) is 7.27. The van der Waals surface area contributed by atoms with Gasteiger partial charge in [-0.15, -0.1) is 0 Å². The Morgan fingerprint density at radius 3 is 2.40 bits per heavy atom. The molecule has 0 saturated carbocycles. The summed E-state index contributed by atoms with van der Waals surface area (Å²) in [4.78, 5) is 15.3. The van der Waals surface area contributed by atoms with Crippen molar-refractivity contribution in [2.24, 2.45) is 0 Å². The second kappa shape index (κ2) is 6.63. The fraction of sp³-hybridized carbons (Fsp3) is 0.900. The lowest BCUT2D eigenvalue weighted by molar-refractivity contribution is 0.0867. The van der Waals surface area contributed by atoms with Crippen LogP contribution in [0.3, 0.4) is 0 Å². The van der Waals surface area contributed by atoms with E-state index in [4.69, 9.17) is 4.74 Å². The molecule has 0 aromatic heterocycles. The van der Waals surface area contributed by atoms with Gasteiger partial charge in [-0.1, -0.05) is 0 Å². The van der Waals surface area contributed by atoms with Crippen LogP contribution in [0.2, 0.25) is 0 Å². The molecule has 0 unspecified atom stereocenters. The Morgan fingerprint density at radius 1 is 1.20 bits per heavy atom. The molecular weight excluding hydrogens is 196 g/mol. The first-order valence-electron chi connectivity index (χ1n) is 5.32. The maximum absolute atomic E-state index is 11.2. The summed E-state index contributed by atoms with van der Waals surface area (Å²) >= 11 is 0. The molecule has 0 spiro atoms. The molecule has 88 valence electrons. The molecule has 1 aliphatic rings. The first-order valence-corrected chi connectivity index (χ1v) is 5.32. The number of hydrogen-bond acceptors (Lipinski definition) is 4. The van der Waals surface area contributed by atoms with Crippen molar-refractivity contribution >= 4 is 6.09 Å².